The summed E-state index contributed by atoms with van der Waals surface area (Å²) in [6.07, 6.45) is 0.598. The van der Waals surface area contributed by atoms with E-state index in [9.17, 15) is 14.4 Å². The Hall–Kier alpha value is -1.97. The minimum absolute atomic E-state index is 0.234. The molecule has 1 aromatic carbocycles. The van der Waals surface area contributed by atoms with Gasteiger partial charge < -0.3 is 4.74 Å². The normalized spacial score (nSPS) is 10.8. The fourth-order valence-electron chi connectivity index (χ4n) is 1.49. The van der Waals surface area contributed by atoms with Crippen molar-refractivity contribution in [1.82, 2.24) is 0 Å². The van der Waals surface area contributed by atoms with Gasteiger partial charge in [-0.05, 0) is 13.8 Å². The number of carbonyl (C=O) groups excluding carboxylic acids is 3. The van der Waals surface area contributed by atoms with Crippen LogP contribution in [0.4, 0.5) is 0 Å². The van der Waals surface area contributed by atoms with Crippen LogP contribution in [0, 0.1) is 5.41 Å². The number of ketones is 1. The molecule has 4 nitrogen and oxygen atoms in total. The van der Waals surface area contributed by atoms with Crippen molar-refractivity contribution in [3.63, 3.8) is 0 Å². The SMILES string of the molecule is COC(=O)C(C)(C)C(=O)c1ccccc1C=O. The zero-order chi connectivity index (χ0) is 13.1. The van der Waals surface area contributed by atoms with Crippen molar-refractivity contribution in [2.75, 3.05) is 7.11 Å². The Bertz CT molecular complexity index is 460. The van der Waals surface area contributed by atoms with Gasteiger partial charge in [-0.25, -0.2) is 0 Å². The van der Waals surface area contributed by atoms with Crippen LogP contribution in [0.25, 0.3) is 0 Å². The van der Waals surface area contributed by atoms with Crippen molar-refractivity contribution in [1.29, 1.82) is 0 Å². The third-order valence-electron chi connectivity index (χ3n) is 2.60. The van der Waals surface area contributed by atoms with E-state index in [0.717, 1.165) is 0 Å². The Morgan fingerprint density at radius 3 is 2.35 bits per heavy atom. The molecule has 0 saturated carbocycles. The monoisotopic (exact) mass is 234 g/mol. The number of rotatable bonds is 4. The van der Waals surface area contributed by atoms with E-state index in [2.05, 4.69) is 4.74 Å². The highest BCUT2D eigenvalue weighted by molar-refractivity contribution is 6.14. The largest absolute Gasteiger partial charge is 0.468 e. The molecule has 0 saturated heterocycles. The van der Waals surface area contributed by atoms with Crippen LogP contribution >= 0.6 is 0 Å². The summed E-state index contributed by atoms with van der Waals surface area (Å²) in [6, 6.07) is 6.36. The number of hydrogen-bond donors (Lipinski definition) is 0. The van der Waals surface area contributed by atoms with Crippen LogP contribution in [0.15, 0.2) is 24.3 Å². The highest BCUT2D eigenvalue weighted by Crippen LogP contribution is 2.24. The quantitative estimate of drug-likeness (QED) is 0.345. The van der Waals surface area contributed by atoms with Crippen molar-refractivity contribution in [3.05, 3.63) is 35.4 Å². The average Bonchev–Trinajstić information content (AvgIpc) is 2.36. The third kappa shape index (κ3) is 2.41. The first-order valence-corrected chi connectivity index (χ1v) is 5.12. The first kappa shape index (κ1) is 13.1. The summed E-state index contributed by atoms with van der Waals surface area (Å²) in [4.78, 5) is 34.5. The molecule has 0 unspecified atom stereocenters. The van der Waals surface area contributed by atoms with E-state index in [1.807, 2.05) is 0 Å². The number of benzene rings is 1. The lowest BCUT2D eigenvalue weighted by Crippen LogP contribution is -2.35. The maximum atomic E-state index is 12.2. The molecule has 0 aliphatic rings. The number of carbonyl (C=O) groups is 3. The molecule has 0 spiro atoms. The fourth-order valence-corrected chi connectivity index (χ4v) is 1.49. The van der Waals surface area contributed by atoms with Crippen molar-refractivity contribution in [2.24, 2.45) is 5.41 Å². The number of Topliss-reactive ketones (excluding diaryl/α,β-unsaturated/α-hetero) is 1. The molecular weight excluding hydrogens is 220 g/mol. The highest BCUT2D eigenvalue weighted by Gasteiger charge is 2.38. The van der Waals surface area contributed by atoms with E-state index in [1.54, 1.807) is 12.1 Å². The lowest BCUT2D eigenvalue weighted by molar-refractivity contribution is -0.147. The minimum Gasteiger partial charge on any atom is -0.468 e. The van der Waals surface area contributed by atoms with Crippen LogP contribution in [-0.2, 0) is 9.53 Å². The summed E-state index contributed by atoms with van der Waals surface area (Å²) in [7, 11) is 1.23. The van der Waals surface area contributed by atoms with Crippen molar-refractivity contribution in [2.45, 2.75) is 13.8 Å². The highest BCUT2D eigenvalue weighted by atomic mass is 16.5. The van der Waals surface area contributed by atoms with Crippen LogP contribution in [0.5, 0.6) is 0 Å². The number of hydrogen-bond acceptors (Lipinski definition) is 4. The first-order chi connectivity index (χ1) is 7.95. The maximum Gasteiger partial charge on any atom is 0.319 e. The van der Waals surface area contributed by atoms with E-state index in [4.69, 9.17) is 0 Å². The van der Waals surface area contributed by atoms with Crippen molar-refractivity contribution >= 4 is 18.0 Å². The molecule has 1 aromatic rings. The van der Waals surface area contributed by atoms with Gasteiger partial charge in [0.05, 0.1) is 7.11 Å². The molecule has 0 amide bonds. The van der Waals surface area contributed by atoms with Crippen LogP contribution < -0.4 is 0 Å². The van der Waals surface area contributed by atoms with Gasteiger partial charge in [0.2, 0.25) is 0 Å². The molecular formula is C13H14O4. The van der Waals surface area contributed by atoms with Gasteiger partial charge in [0, 0.05) is 11.1 Å². The van der Waals surface area contributed by atoms with E-state index in [0.29, 0.717) is 6.29 Å². The Kier molecular flexibility index (Phi) is 3.78. The predicted octanol–water partition coefficient (Wildman–Crippen LogP) is 1.88. The topological polar surface area (TPSA) is 60.4 Å². The number of aldehydes is 1. The zero-order valence-corrected chi connectivity index (χ0v) is 10.0. The molecule has 1 rings (SSSR count). The molecule has 0 bridgehead atoms. The zero-order valence-electron chi connectivity index (χ0n) is 10.0. The van der Waals surface area contributed by atoms with Crippen LogP contribution in [0.2, 0.25) is 0 Å². The lowest BCUT2D eigenvalue weighted by Gasteiger charge is -2.20. The van der Waals surface area contributed by atoms with Crippen LogP contribution in [-0.4, -0.2) is 25.1 Å². The molecule has 0 aliphatic heterocycles. The molecule has 17 heavy (non-hydrogen) atoms. The van der Waals surface area contributed by atoms with Gasteiger partial charge in [-0.1, -0.05) is 24.3 Å². The molecule has 0 aromatic heterocycles. The molecule has 0 heterocycles. The molecule has 90 valence electrons. The number of ether oxygens (including phenoxy) is 1. The second-order valence-corrected chi connectivity index (χ2v) is 4.15. The van der Waals surface area contributed by atoms with Crippen molar-refractivity contribution in [3.8, 4) is 0 Å². The number of methoxy groups -OCH3 is 1. The van der Waals surface area contributed by atoms with Gasteiger partial charge >= 0.3 is 5.97 Å². The van der Waals surface area contributed by atoms with Gasteiger partial charge in [0.1, 0.15) is 5.41 Å². The predicted molar refractivity (Wildman–Crippen MR) is 62.0 cm³/mol. The van der Waals surface area contributed by atoms with Gasteiger partial charge in [0.15, 0.2) is 12.1 Å². The standard InChI is InChI=1S/C13H14O4/c1-13(2,12(16)17-3)11(15)10-7-5-4-6-9(10)8-14/h4-8H,1-3H3. The summed E-state index contributed by atoms with van der Waals surface area (Å²) in [6.45, 7) is 2.95. The molecule has 0 N–H and O–H groups in total. The van der Waals surface area contributed by atoms with E-state index < -0.39 is 17.2 Å². The minimum atomic E-state index is -1.30. The molecule has 0 fully saturated rings. The van der Waals surface area contributed by atoms with Gasteiger partial charge in [-0.2, -0.15) is 0 Å². The molecule has 0 atom stereocenters. The smallest absolute Gasteiger partial charge is 0.319 e. The summed E-state index contributed by atoms with van der Waals surface area (Å²) in [5.74, 6) is -1.05. The van der Waals surface area contributed by atoms with E-state index in [-0.39, 0.29) is 11.1 Å². The molecule has 0 aliphatic carbocycles. The molecule has 4 heteroatoms. The average molecular weight is 234 g/mol. The second kappa shape index (κ2) is 4.91. The van der Waals surface area contributed by atoms with Gasteiger partial charge in [-0.3, -0.25) is 14.4 Å². The maximum absolute atomic E-state index is 12.2. The first-order valence-electron chi connectivity index (χ1n) is 5.12. The Balaban J connectivity index is 3.21. The molecule has 0 radical (unpaired) electrons. The Labute approximate surface area is 99.6 Å². The van der Waals surface area contributed by atoms with E-state index in [1.165, 1.54) is 33.1 Å². The third-order valence-corrected chi connectivity index (χ3v) is 2.60. The van der Waals surface area contributed by atoms with Crippen molar-refractivity contribution < 1.29 is 19.1 Å². The van der Waals surface area contributed by atoms with Crippen LogP contribution in [0.3, 0.4) is 0 Å². The summed E-state index contributed by atoms with van der Waals surface area (Å²) >= 11 is 0. The second-order valence-electron chi connectivity index (χ2n) is 4.15. The summed E-state index contributed by atoms with van der Waals surface area (Å²) < 4.78 is 4.58. The Morgan fingerprint density at radius 1 is 1.24 bits per heavy atom. The Morgan fingerprint density at radius 2 is 1.82 bits per heavy atom. The van der Waals surface area contributed by atoms with E-state index >= 15 is 0 Å². The summed E-state index contributed by atoms with van der Waals surface area (Å²) in [5, 5.41) is 0. The number of esters is 1. The van der Waals surface area contributed by atoms with Gasteiger partial charge in [0.25, 0.3) is 0 Å². The van der Waals surface area contributed by atoms with Gasteiger partial charge in [-0.15, -0.1) is 0 Å². The lowest BCUT2D eigenvalue weighted by atomic mass is 9.83. The fraction of sp³-hybridized carbons (Fsp3) is 0.308. The van der Waals surface area contributed by atoms with Crippen LogP contribution in [0.1, 0.15) is 34.6 Å². The summed E-state index contributed by atoms with van der Waals surface area (Å²) in [5.41, 5.74) is -0.791.